The van der Waals surface area contributed by atoms with Crippen LogP contribution in [0.5, 0.6) is 0 Å². The van der Waals surface area contributed by atoms with Crippen molar-refractivity contribution in [2.75, 3.05) is 5.32 Å². The number of amides is 1. The molecule has 2 N–H and O–H groups in total. The first kappa shape index (κ1) is 14.6. The Morgan fingerprint density at radius 2 is 1.95 bits per heavy atom. The molecule has 2 bridgehead atoms. The first-order valence-electron chi connectivity index (χ1n) is 6.93. The number of hydrogen-bond acceptors (Lipinski definition) is 3. The Kier molecular flexibility index (Phi) is 3.63. The van der Waals surface area contributed by atoms with Crippen molar-refractivity contribution in [2.24, 2.45) is 23.7 Å². The standard InChI is InChI=1S/C16H13ClN2O3/c17-12-6-11(4-3-10(12)7-18)19-15(20)13-8-1-2-9(5-8)14(13)16(21)22/h1-4,6,8-9,13-14H,5H2,(H,19,20)(H,21,22). The van der Waals surface area contributed by atoms with Crippen molar-refractivity contribution in [1.82, 2.24) is 0 Å². The molecular weight excluding hydrogens is 304 g/mol. The van der Waals surface area contributed by atoms with Gasteiger partial charge in [0.05, 0.1) is 22.4 Å². The van der Waals surface area contributed by atoms with Gasteiger partial charge in [0.25, 0.3) is 0 Å². The van der Waals surface area contributed by atoms with Gasteiger partial charge in [0.2, 0.25) is 5.91 Å². The van der Waals surface area contributed by atoms with Gasteiger partial charge in [-0.3, -0.25) is 9.59 Å². The predicted octanol–water partition coefficient (Wildman–Crippen LogP) is 2.67. The molecule has 112 valence electrons. The predicted molar refractivity (Wildman–Crippen MR) is 80.1 cm³/mol. The summed E-state index contributed by atoms with van der Waals surface area (Å²) in [6, 6.07) is 6.55. The molecule has 2 aliphatic rings. The lowest BCUT2D eigenvalue weighted by Gasteiger charge is -2.23. The van der Waals surface area contributed by atoms with Gasteiger partial charge in [-0.25, -0.2) is 0 Å². The zero-order valence-corrected chi connectivity index (χ0v) is 12.2. The molecule has 0 radical (unpaired) electrons. The summed E-state index contributed by atoms with van der Waals surface area (Å²) in [6.07, 6.45) is 4.54. The molecule has 3 rings (SSSR count). The van der Waals surface area contributed by atoms with Gasteiger partial charge in [0.1, 0.15) is 6.07 Å². The van der Waals surface area contributed by atoms with Crippen LogP contribution in [0.2, 0.25) is 5.02 Å². The third-order valence-corrected chi connectivity index (χ3v) is 4.72. The van der Waals surface area contributed by atoms with Crippen LogP contribution in [0.25, 0.3) is 0 Å². The van der Waals surface area contributed by atoms with E-state index in [0.717, 1.165) is 0 Å². The number of benzene rings is 1. The van der Waals surface area contributed by atoms with Crippen molar-refractivity contribution in [1.29, 1.82) is 5.26 Å². The van der Waals surface area contributed by atoms with Crippen LogP contribution >= 0.6 is 11.6 Å². The molecule has 1 aromatic carbocycles. The van der Waals surface area contributed by atoms with Crippen LogP contribution < -0.4 is 5.32 Å². The van der Waals surface area contributed by atoms with E-state index in [2.05, 4.69) is 5.32 Å². The second-order valence-corrected chi connectivity index (χ2v) is 6.04. The fourth-order valence-electron chi connectivity index (χ4n) is 3.43. The normalized spacial score (nSPS) is 28.4. The lowest BCUT2D eigenvalue weighted by Crippen LogP contribution is -2.36. The van der Waals surface area contributed by atoms with Crippen LogP contribution in [0.1, 0.15) is 12.0 Å². The maximum absolute atomic E-state index is 12.5. The molecule has 4 unspecified atom stereocenters. The summed E-state index contributed by atoms with van der Waals surface area (Å²) < 4.78 is 0. The zero-order chi connectivity index (χ0) is 15.9. The average molecular weight is 317 g/mol. The van der Waals surface area contributed by atoms with Crippen molar-refractivity contribution >= 4 is 29.2 Å². The quantitative estimate of drug-likeness (QED) is 0.839. The molecule has 1 amide bonds. The summed E-state index contributed by atoms with van der Waals surface area (Å²) in [5, 5.41) is 21.2. The average Bonchev–Trinajstić information content (AvgIpc) is 3.07. The van der Waals surface area contributed by atoms with Crippen LogP contribution in [0.15, 0.2) is 30.4 Å². The van der Waals surface area contributed by atoms with Gasteiger partial charge < -0.3 is 10.4 Å². The van der Waals surface area contributed by atoms with Crippen molar-refractivity contribution in [3.63, 3.8) is 0 Å². The zero-order valence-electron chi connectivity index (χ0n) is 11.5. The fraction of sp³-hybridized carbons (Fsp3) is 0.312. The molecule has 5 nitrogen and oxygen atoms in total. The molecule has 1 saturated carbocycles. The molecule has 1 fully saturated rings. The van der Waals surface area contributed by atoms with Crippen LogP contribution in [0, 0.1) is 35.0 Å². The molecular formula is C16H13ClN2O3. The van der Waals surface area contributed by atoms with Crippen molar-refractivity contribution in [3.8, 4) is 6.07 Å². The van der Waals surface area contributed by atoms with Gasteiger partial charge in [-0.05, 0) is 36.5 Å². The Hall–Kier alpha value is -2.32. The first-order valence-corrected chi connectivity index (χ1v) is 7.30. The van der Waals surface area contributed by atoms with Gasteiger partial charge in [0, 0.05) is 5.69 Å². The molecule has 0 aliphatic heterocycles. The van der Waals surface area contributed by atoms with E-state index in [-0.39, 0.29) is 22.8 Å². The summed E-state index contributed by atoms with van der Waals surface area (Å²) in [4.78, 5) is 23.9. The van der Waals surface area contributed by atoms with E-state index in [1.165, 1.54) is 12.1 Å². The minimum atomic E-state index is -0.935. The number of carbonyl (C=O) groups is 2. The molecule has 0 saturated heterocycles. The highest BCUT2D eigenvalue weighted by Gasteiger charge is 2.51. The second-order valence-electron chi connectivity index (χ2n) is 5.63. The van der Waals surface area contributed by atoms with E-state index >= 15 is 0 Å². The minimum Gasteiger partial charge on any atom is -0.481 e. The highest BCUT2D eigenvalue weighted by atomic mass is 35.5. The lowest BCUT2D eigenvalue weighted by atomic mass is 9.82. The van der Waals surface area contributed by atoms with Crippen molar-refractivity contribution < 1.29 is 14.7 Å². The molecule has 22 heavy (non-hydrogen) atoms. The number of carboxylic acids is 1. The SMILES string of the molecule is N#Cc1ccc(NC(=O)C2C3C=CC(C3)C2C(=O)O)cc1Cl. The van der Waals surface area contributed by atoms with Gasteiger partial charge in [-0.15, -0.1) is 0 Å². The number of rotatable bonds is 3. The van der Waals surface area contributed by atoms with Gasteiger partial charge in [-0.2, -0.15) is 5.26 Å². The summed E-state index contributed by atoms with van der Waals surface area (Å²) in [5.41, 5.74) is 0.788. The molecule has 0 spiro atoms. The third-order valence-electron chi connectivity index (χ3n) is 4.40. The van der Waals surface area contributed by atoms with E-state index in [1.807, 2.05) is 18.2 Å². The maximum atomic E-state index is 12.5. The van der Waals surface area contributed by atoms with E-state index in [0.29, 0.717) is 17.7 Å². The second kappa shape index (κ2) is 5.47. The van der Waals surface area contributed by atoms with Crippen LogP contribution in [-0.2, 0) is 9.59 Å². The first-order chi connectivity index (χ1) is 10.5. The number of allylic oxidation sites excluding steroid dienone is 2. The van der Waals surface area contributed by atoms with E-state index in [4.69, 9.17) is 16.9 Å². The molecule has 1 aromatic rings. The number of halogens is 1. The fourth-order valence-corrected chi connectivity index (χ4v) is 3.65. The Bertz CT molecular complexity index is 723. The molecule has 6 heteroatoms. The van der Waals surface area contributed by atoms with Gasteiger partial charge in [-0.1, -0.05) is 23.8 Å². The third kappa shape index (κ3) is 2.36. The number of anilines is 1. The monoisotopic (exact) mass is 316 g/mol. The van der Waals surface area contributed by atoms with Gasteiger partial charge in [0.15, 0.2) is 0 Å². The van der Waals surface area contributed by atoms with E-state index < -0.39 is 17.8 Å². The number of fused-ring (bicyclic) bond motifs is 2. The van der Waals surface area contributed by atoms with Gasteiger partial charge >= 0.3 is 5.97 Å². The van der Waals surface area contributed by atoms with E-state index in [9.17, 15) is 14.7 Å². The van der Waals surface area contributed by atoms with Crippen LogP contribution in [0.3, 0.4) is 0 Å². The molecule has 4 atom stereocenters. The van der Waals surface area contributed by atoms with E-state index in [1.54, 1.807) is 6.07 Å². The summed E-state index contributed by atoms with van der Waals surface area (Å²) in [6.45, 7) is 0. The van der Waals surface area contributed by atoms with Crippen molar-refractivity contribution in [2.45, 2.75) is 6.42 Å². The molecule has 0 heterocycles. The highest BCUT2D eigenvalue weighted by Crippen LogP contribution is 2.48. The number of carboxylic acid groups (broad SMARTS) is 1. The maximum Gasteiger partial charge on any atom is 0.307 e. The molecule has 0 aromatic heterocycles. The Labute approximate surface area is 132 Å². The lowest BCUT2D eigenvalue weighted by molar-refractivity contribution is -0.146. The number of nitriles is 1. The Balaban J connectivity index is 1.80. The van der Waals surface area contributed by atoms with Crippen molar-refractivity contribution in [3.05, 3.63) is 40.9 Å². The summed E-state index contributed by atoms with van der Waals surface area (Å²) in [5.74, 6) is -2.59. The highest BCUT2D eigenvalue weighted by molar-refractivity contribution is 6.32. The number of carbonyl (C=O) groups excluding carboxylic acids is 1. The Morgan fingerprint density at radius 1 is 1.27 bits per heavy atom. The Morgan fingerprint density at radius 3 is 2.55 bits per heavy atom. The number of aliphatic carboxylic acids is 1. The minimum absolute atomic E-state index is 0.0278. The summed E-state index contributed by atoms with van der Waals surface area (Å²) >= 11 is 5.94. The number of hydrogen-bond donors (Lipinski definition) is 2. The van der Waals surface area contributed by atoms with Crippen LogP contribution in [0.4, 0.5) is 5.69 Å². The summed E-state index contributed by atoms with van der Waals surface area (Å²) in [7, 11) is 0. The number of nitrogens with one attached hydrogen (secondary N) is 1. The topological polar surface area (TPSA) is 90.2 Å². The van der Waals surface area contributed by atoms with Crippen LogP contribution in [-0.4, -0.2) is 17.0 Å². The smallest absolute Gasteiger partial charge is 0.307 e. The number of nitrogens with zero attached hydrogens (tertiary/aromatic N) is 1. The largest absolute Gasteiger partial charge is 0.481 e. The molecule has 2 aliphatic carbocycles.